The number of nitrogens with zero attached hydrogens (tertiary/aromatic N) is 2. The summed E-state index contributed by atoms with van der Waals surface area (Å²) in [6.45, 7) is 5.15. The van der Waals surface area contributed by atoms with E-state index in [0.717, 1.165) is 5.56 Å². The number of rotatable bonds is 4. The summed E-state index contributed by atoms with van der Waals surface area (Å²) in [6, 6.07) is 6.49. The molecule has 2 atom stereocenters. The first-order valence-electron chi connectivity index (χ1n) is 7.31. The van der Waals surface area contributed by atoms with Crippen molar-refractivity contribution in [2.24, 2.45) is 10.9 Å². The molecule has 6 heteroatoms. The molecule has 1 aliphatic rings. The molecule has 1 aromatic carbocycles. The van der Waals surface area contributed by atoms with Gasteiger partial charge in [0.15, 0.2) is 5.84 Å². The fourth-order valence-electron chi connectivity index (χ4n) is 2.82. The highest BCUT2D eigenvalue weighted by molar-refractivity contribution is 6.31. The molecule has 1 fully saturated rings. The molecule has 1 aromatic rings. The maximum atomic E-state index is 8.68. The minimum Gasteiger partial charge on any atom is -0.409 e. The van der Waals surface area contributed by atoms with Crippen molar-refractivity contribution in [2.45, 2.75) is 51.7 Å². The van der Waals surface area contributed by atoms with Crippen molar-refractivity contribution in [3.63, 3.8) is 0 Å². The molecule has 0 amide bonds. The standard InChI is InChI=1S/C15H23ClN4O/c1-10-4-3-5-11(2)20(10)18-9-13-7-6-12(8-14(13)16)15(17)19-21/h6-8,10-11,18,21H,3-5,9H2,1-2H3,(H2,17,19). The number of nitrogens with two attached hydrogens (primary N) is 1. The summed E-state index contributed by atoms with van der Waals surface area (Å²) in [6.07, 6.45) is 3.72. The Morgan fingerprint density at radius 2 is 2.10 bits per heavy atom. The zero-order valence-electron chi connectivity index (χ0n) is 12.5. The van der Waals surface area contributed by atoms with Crippen LogP contribution < -0.4 is 11.2 Å². The maximum absolute atomic E-state index is 8.68. The number of hydrazine groups is 1. The van der Waals surface area contributed by atoms with E-state index in [4.69, 9.17) is 22.5 Å². The Hall–Kier alpha value is -1.30. The average Bonchev–Trinajstić information content (AvgIpc) is 2.47. The van der Waals surface area contributed by atoms with Gasteiger partial charge in [0, 0.05) is 29.2 Å². The van der Waals surface area contributed by atoms with Gasteiger partial charge in [0.05, 0.1) is 0 Å². The van der Waals surface area contributed by atoms with Crippen molar-refractivity contribution in [1.29, 1.82) is 0 Å². The highest BCUT2D eigenvalue weighted by Crippen LogP contribution is 2.22. The molecule has 1 aliphatic heterocycles. The van der Waals surface area contributed by atoms with Gasteiger partial charge in [-0.25, -0.2) is 5.01 Å². The summed E-state index contributed by atoms with van der Waals surface area (Å²) in [5, 5.41) is 14.6. The Morgan fingerprint density at radius 1 is 1.43 bits per heavy atom. The zero-order chi connectivity index (χ0) is 15.4. The number of hydrogen-bond acceptors (Lipinski definition) is 4. The normalized spacial score (nSPS) is 24.2. The lowest BCUT2D eigenvalue weighted by Crippen LogP contribution is -2.51. The molecular weight excluding hydrogens is 288 g/mol. The van der Waals surface area contributed by atoms with E-state index in [1.165, 1.54) is 19.3 Å². The average molecular weight is 311 g/mol. The van der Waals surface area contributed by atoms with Crippen LogP contribution in [0.1, 0.15) is 44.2 Å². The van der Waals surface area contributed by atoms with Crippen molar-refractivity contribution in [2.75, 3.05) is 0 Å². The fraction of sp³-hybridized carbons (Fsp3) is 0.533. The molecule has 4 N–H and O–H groups in total. The SMILES string of the molecule is CC1CCCC(C)N1NCc1ccc(/C(N)=N/O)cc1Cl. The van der Waals surface area contributed by atoms with Crippen LogP contribution in [0, 0.1) is 0 Å². The van der Waals surface area contributed by atoms with Crippen LogP contribution in [-0.4, -0.2) is 28.1 Å². The molecular formula is C15H23ClN4O. The fourth-order valence-corrected chi connectivity index (χ4v) is 3.06. The number of amidine groups is 1. The first-order valence-corrected chi connectivity index (χ1v) is 7.69. The Kier molecular flexibility index (Phi) is 5.45. The smallest absolute Gasteiger partial charge is 0.170 e. The highest BCUT2D eigenvalue weighted by Gasteiger charge is 2.24. The van der Waals surface area contributed by atoms with Crippen LogP contribution in [0.5, 0.6) is 0 Å². The summed E-state index contributed by atoms with van der Waals surface area (Å²) < 4.78 is 0. The number of oxime groups is 1. The molecule has 1 saturated heterocycles. The quantitative estimate of drug-likeness (QED) is 0.346. The van der Waals surface area contributed by atoms with E-state index in [2.05, 4.69) is 29.4 Å². The molecule has 0 saturated carbocycles. The molecule has 0 bridgehead atoms. The van der Waals surface area contributed by atoms with E-state index in [0.29, 0.717) is 29.2 Å². The molecule has 1 heterocycles. The Labute approximate surface area is 130 Å². The molecule has 0 aromatic heterocycles. The van der Waals surface area contributed by atoms with E-state index in [-0.39, 0.29) is 5.84 Å². The van der Waals surface area contributed by atoms with Gasteiger partial charge >= 0.3 is 0 Å². The van der Waals surface area contributed by atoms with Crippen molar-refractivity contribution in [3.05, 3.63) is 34.3 Å². The van der Waals surface area contributed by atoms with E-state index in [1.54, 1.807) is 12.1 Å². The van der Waals surface area contributed by atoms with Gasteiger partial charge in [0.25, 0.3) is 0 Å². The number of hydrogen-bond donors (Lipinski definition) is 3. The third-order valence-electron chi connectivity index (χ3n) is 4.10. The van der Waals surface area contributed by atoms with Gasteiger partial charge in [-0.05, 0) is 38.3 Å². The van der Waals surface area contributed by atoms with E-state index < -0.39 is 0 Å². The minimum atomic E-state index is 0.0645. The second kappa shape index (κ2) is 7.11. The maximum Gasteiger partial charge on any atom is 0.170 e. The molecule has 2 unspecified atom stereocenters. The van der Waals surface area contributed by atoms with Crippen LogP contribution >= 0.6 is 11.6 Å². The van der Waals surface area contributed by atoms with Gasteiger partial charge in [0.2, 0.25) is 0 Å². The van der Waals surface area contributed by atoms with Crippen LogP contribution in [0.4, 0.5) is 0 Å². The third kappa shape index (κ3) is 3.87. The van der Waals surface area contributed by atoms with Crippen LogP contribution in [0.3, 0.4) is 0 Å². The first kappa shape index (κ1) is 16.1. The molecule has 0 aliphatic carbocycles. The van der Waals surface area contributed by atoms with Gasteiger partial charge in [-0.3, -0.25) is 5.43 Å². The van der Waals surface area contributed by atoms with E-state index in [1.807, 2.05) is 6.07 Å². The summed E-state index contributed by atoms with van der Waals surface area (Å²) in [5.41, 5.74) is 10.6. The van der Waals surface area contributed by atoms with Crippen molar-refractivity contribution < 1.29 is 5.21 Å². The third-order valence-corrected chi connectivity index (χ3v) is 4.45. The monoisotopic (exact) mass is 310 g/mol. The van der Waals surface area contributed by atoms with Gasteiger partial charge < -0.3 is 10.9 Å². The largest absolute Gasteiger partial charge is 0.409 e. The van der Waals surface area contributed by atoms with E-state index in [9.17, 15) is 0 Å². The van der Waals surface area contributed by atoms with Crippen LogP contribution in [-0.2, 0) is 6.54 Å². The van der Waals surface area contributed by atoms with Crippen LogP contribution in [0.2, 0.25) is 5.02 Å². The minimum absolute atomic E-state index is 0.0645. The lowest BCUT2D eigenvalue weighted by molar-refractivity contribution is 0.0436. The Balaban J connectivity index is 2.03. The molecule has 2 rings (SSSR count). The zero-order valence-corrected chi connectivity index (χ0v) is 13.3. The van der Waals surface area contributed by atoms with Crippen molar-refractivity contribution in [3.8, 4) is 0 Å². The first-order chi connectivity index (χ1) is 10.0. The number of halogens is 1. The second-order valence-corrected chi connectivity index (χ2v) is 6.07. The summed E-state index contributed by atoms with van der Waals surface area (Å²) in [7, 11) is 0. The Bertz CT molecular complexity index is 510. The lowest BCUT2D eigenvalue weighted by Gasteiger charge is -2.39. The van der Waals surface area contributed by atoms with Gasteiger partial charge in [0.1, 0.15) is 0 Å². The molecule has 116 valence electrons. The summed E-state index contributed by atoms with van der Waals surface area (Å²) in [5.74, 6) is 0.0645. The second-order valence-electron chi connectivity index (χ2n) is 5.66. The number of nitrogens with one attached hydrogen (secondary N) is 1. The van der Waals surface area contributed by atoms with Gasteiger partial charge in [-0.2, -0.15) is 0 Å². The predicted octanol–water partition coefficient (Wildman–Crippen LogP) is 2.70. The van der Waals surface area contributed by atoms with Gasteiger partial charge in [-0.1, -0.05) is 35.3 Å². The highest BCUT2D eigenvalue weighted by atomic mass is 35.5. The summed E-state index contributed by atoms with van der Waals surface area (Å²) >= 11 is 6.27. The van der Waals surface area contributed by atoms with Crippen molar-refractivity contribution >= 4 is 17.4 Å². The van der Waals surface area contributed by atoms with Crippen LogP contribution in [0.15, 0.2) is 23.4 Å². The van der Waals surface area contributed by atoms with E-state index >= 15 is 0 Å². The van der Waals surface area contributed by atoms with Gasteiger partial charge in [-0.15, -0.1) is 0 Å². The van der Waals surface area contributed by atoms with Crippen molar-refractivity contribution in [1.82, 2.24) is 10.4 Å². The topological polar surface area (TPSA) is 73.9 Å². The number of piperidine rings is 1. The molecule has 5 nitrogen and oxygen atoms in total. The predicted molar refractivity (Wildman–Crippen MR) is 85.4 cm³/mol. The van der Waals surface area contributed by atoms with Crippen LogP contribution in [0.25, 0.3) is 0 Å². The molecule has 0 spiro atoms. The summed E-state index contributed by atoms with van der Waals surface area (Å²) in [4.78, 5) is 0. The Morgan fingerprint density at radius 3 is 2.67 bits per heavy atom. The lowest BCUT2D eigenvalue weighted by atomic mass is 10.00. The number of benzene rings is 1. The molecule has 0 radical (unpaired) electrons. The molecule has 21 heavy (non-hydrogen) atoms.